The van der Waals surface area contributed by atoms with Gasteiger partial charge in [0.05, 0.1) is 13.2 Å². The summed E-state index contributed by atoms with van der Waals surface area (Å²) in [4.78, 5) is 11.1. The zero-order valence-corrected chi connectivity index (χ0v) is 8.17. The smallest absolute Gasteiger partial charge is 0.340 e. The Balaban J connectivity index is 4.50. The Morgan fingerprint density at radius 2 is 2.00 bits per heavy atom. The zero-order chi connectivity index (χ0) is 11.4. The highest BCUT2D eigenvalue weighted by atomic mass is 16.6. The largest absolute Gasteiger partial charge is 0.464 e. The Morgan fingerprint density at radius 1 is 1.50 bits per heavy atom. The van der Waals surface area contributed by atoms with Crippen molar-refractivity contribution >= 4 is 5.97 Å². The summed E-state index contributed by atoms with van der Waals surface area (Å²) in [6.07, 6.45) is -3.37. The van der Waals surface area contributed by atoms with Crippen LogP contribution in [0.2, 0.25) is 0 Å². The summed E-state index contributed by atoms with van der Waals surface area (Å²) in [5.41, 5.74) is -2.22. The number of ether oxygens (including phenoxy) is 1. The summed E-state index contributed by atoms with van der Waals surface area (Å²) in [5.74, 6) is -1.04. The van der Waals surface area contributed by atoms with Crippen LogP contribution in [0.25, 0.3) is 0 Å². The average Bonchev–Trinajstić information content (AvgIpc) is 2.15. The van der Waals surface area contributed by atoms with Crippen molar-refractivity contribution in [3.05, 3.63) is 0 Å². The number of carbonyl (C=O) groups is 1. The summed E-state index contributed by atoms with van der Waals surface area (Å²) in [7, 11) is 0. The van der Waals surface area contributed by atoms with Crippen molar-refractivity contribution in [2.75, 3.05) is 13.2 Å². The topological polar surface area (TPSA) is 107 Å². The molecular weight excluding hydrogens is 192 g/mol. The zero-order valence-electron chi connectivity index (χ0n) is 8.17. The van der Waals surface area contributed by atoms with Gasteiger partial charge in [-0.2, -0.15) is 0 Å². The molecule has 0 bridgehead atoms. The van der Waals surface area contributed by atoms with Crippen LogP contribution in [0, 0.1) is 0 Å². The fourth-order valence-electron chi connectivity index (χ4n) is 0.872. The Labute approximate surface area is 81.7 Å². The van der Waals surface area contributed by atoms with Gasteiger partial charge in [-0.05, 0) is 13.8 Å². The van der Waals surface area contributed by atoms with Gasteiger partial charge in [-0.25, -0.2) is 4.79 Å². The number of esters is 1. The first-order valence-corrected chi connectivity index (χ1v) is 4.24. The van der Waals surface area contributed by atoms with E-state index in [1.165, 1.54) is 0 Å². The van der Waals surface area contributed by atoms with Crippen LogP contribution in [0.3, 0.4) is 0 Å². The molecule has 84 valence electrons. The molecule has 0 aliphatic heterocycles. The third kappa shape index (κ3) is 2.91. The van der Waals surface area contributed by atoms with Crippen LogP contribution in [0.5, 0.6) is 0 Å². The van der Waals surface area contributed by atoms with Crippen LogP contribution in [-0.2, 0) is 9.53 Å². The summed E-state index contributed by atoms with van der Waals surface area (Å²) >= 11 is 0. The third-order valence-corrected chi connectivity index (χ3v) is 1.82. The Morgan fingerprint density at radius 3 is 2.36 bits per heavy atom. The molecule has 0 aromatic rings. The molecule has 0 amide bonds. The molecule has 0 saturated heterocycles. The lowest BCUT2D eigenvalue weighted by molar-refractivity contribution is -0.185. The number of hydrogen-bond donors (Lipinski definition) is 4. The molecule has 0 aliphatic carbocycles. The van der Waals surface area contributed by atoms with Crippen LogP contribution in [-0.4, -0.2) is 57.4 Å². The summed E-state index contributed by atoms with van der Waals surface area (Å²) < 4.78 is 4.48. The fourth-order valence-corrected chi connectivity index (χ4v) is 0.872. The Kier molecular flexibility index (Phi) is 5.00. The van der Waals surface area contributed by atoms with Gasteiger partial charge in [-0.3, -0.25) is 0 Å². The monoisotopic (exact) mass is 208 g/mol. The minimum absolute atomic E-state index is 0.0525. The first-order chi connectivity index (χ1) is 6.37. The highest BCUT2D eigenvalue weighted by molar-refractivity contribution is 5.79. The van der Waals surface area contributed by atoms with Crippen molar-refractivity contribution in [2.24, 2.45) is 0 Å². The van der Waals surface area contributed by atoms with Crippen molar-refractivity contribution in [3.8, 4) is 0 Å². The van der Waals surface area contributed by atoms with Gasteiger partial charge in [0.1, 0.15) is 12.2 Å². The van der Waals surface area contributed by atoms with Crippen LogP contribution in [0.4, 0.5) is 0 Å². The van der Waals surface area contributed by atoms with Crippen molar-refractivity contribution in [1.82, 2.24) is 0 Å². The lowest BCUT2D eigenvalue weighted by atomic mass is 9.95. The van der Waals surface area contributed by atoms with E-state index in [0.717, 1.165) is 6.92 Å². The normalized spacial score (nSPS) is 19.6. The van der Waals surface area contributed by atoms with E-state index < -0.39 is 30.4 Å². The minimum atomic E-state index is -2.22. The second-order valence-electron chi connectivity index (χ2n) is 3.06. The molecule has 0 heterocycles. The van der Waals surface area contributed by atoms with Gasteiger partial charge < -0.3 is 25.2 Å². The maximum atomic E-state index is 11.1. The lowest BCUT2D eigenvalue weighted by Gasteiger charge is -2.29. The lowest BCUT2D eigenvalue weighted by Crippen LogP contribution is -2.54. The SMILES string of the molecule is CCOC(=O)[C@](C)(O)[C@H](O)[C@H](O)CO. The summed E-state index contributed by atoms with van der Waals surface area (Å²) in [6, 6.07) is 0. The van der Waals surface area contributed by atoms with E-state index in [4.69, 9.17) is 10.2 Å². The maximum absolute atomic E-state index is 11.1. The van der Waals surface area contributed by atoms with E-state index in [2.05, 4.69) is 4.74 Å². The molecule has 6 nitrogen and oxygen atoms in total. The van der Waals surface area contributed by atoms with E-state index in [0.29, 0.717) is 0 Å². The number of hydrogen-bond acceptors (Lipinski definition) is 6. The Hall–Kier alpha value is -0.690. The third-order valence-electron chi connectivity index (χ3n) is 1.82. The molecule has 0 saturated carbocycles. The van der Waals surface area contributed by atoms with Crippen molar-refractivity contribution in [3.63, 3.8) is 0 Å². The maximum Gasteiger partial charge on any atom is 0.340 e. The van der Waals surface area contributed by atoms with Gasteiger partial charge in [0.2, 0.25) is 0 Å². The van der Waals surface area contributed by atoms with Gasteiger partial charge in [-0.1, -0.05) is 0 Å². The van der Waals surface area contributed by atoms with E-state index in [1.54, 1.807) is 6.92 Å². The molecule has 14 heavy (non-hydrogen) atoms. The minimum Gasteiger partial charge on any atom is -0.464 e. The number of carbonyl (C=O) groups excluding carboxylic acids is 1. The van der Waals surface area contributed by atoms with Crippen LogP contribution >= 0.6 is 0 Å². The van der Waals surface area contributed by atoms with E-state index in [-0.39, 0.29) is 6.61 Å². The molecule has 6 heteroatoms. The highest BCUT2D eigenvalue weighted by Crippen LogP contribution is 2.15. The standard InChI is InChI=1S/C8H16O6/c1-3-14-7(12)8(2,13)6(11)5(10)4-9/h5-6,9-11,13H,3-4H2,1-2H3/t5-,6-,8-/m1/s1. The van der Waals surface area contributed by atoms with E-state index in [9.17, 15) is 15.0 Å². The molecule has 0 spiro atoms. The van der Waals surface area contributed by atoms with Gasteiger partial charge in [-0.15, -0.1) is 0 Å². The second-order valence-corrected chi connectivity index (χ2v) is 3.06. The average molecular weight is 208 g/mol. The predicted octanol–water partition coefficient (Wildman–Crippen LogP) is -1.99. The fraction of sp³-hybridized carbons (Fsp3) is 0.875. The number of aliphatic hydroxyl groups excluding tert-OH is 3. The van der Waals surface area contributed by atoms with Gasteiger partial charge in [0, 0.05) is 0 Å². The van der Waals surface area contributed by atoms with Crippen molar-refractivity contribution < 1.29 is 30.0 Å². The van der Waals surface area contributed by atoms with Gasteiger partial charge >= 0.3 is 5.97 Å². The van der Waals surface area contributed by atoms with Crippen LogP contribution in [0.15, 0.2) is 0 Å². The molecule has 4 N–H and O–H groups in total. The first-order valence-electron chi connectivity index (χ1n) is 4.24. The quantitative estimate of drug-likeness (QED) is 0.390. The summed E-state index contributed by atoms with van der Waals surface area (Å²) in [6.45, 7) is 1.85. The van der Waals surface area contributed by atoms with Gasteiger partial charge in [0.25, 0.3) is 0 Å². The van der Waals surface area contributed by atoms with Crippen molar-refractivity contribution in [2.45, 2.75) is 31.7 Å². The molecule has 3 atom stereocenters. The van der Waals surface area contributed by atoms with E-state index in [1.807, 2.05) is 0 Å². The Bertz CT molecular complexity index is 190. The molecular formula is C8H16O6. The van der Waals surface area contributed by atoms with E-state index >= 15 is 0 Å². The molecule has 0 aliphatic rings. The van der Waals surface area contributed by atoms with Crippen molar-refractivity contribution in [1.29, 1.82) is 0 Å². The van der Waals surface area contributed by atoms with Crippen LogP contribution < -0.4 is 0 Å². The summed E-state index contributed by atoms with van der Waals surface area (Å²) in [5, 5.41) is 36.3. The molecule has 0 aromatic heterocycles. The molecule has 0 unspecified atom stereocenters. The molecule has 0 radical (unpaired) electrons. The highest BCUT2D eigenvalue weighted by Gasteiger charge is 2.43. The first kappa shape index (κ1) is 13.3. The molecule has 0 aromatic carbocycles. The van der Waals surface area contributed by atoms with Gasteiger partial charge in [0.15, 0.2) is 5.60 Å². The molecule has 0 fully saturated rings. The molecule has 0 rings (SSSR count). The predicted molar refractivity (Wildman–Crippen MR) is 46.4 cm³/mol. The van der Waals surface area contributed by atoms with Crippen LogP contribution in [0.1, 0.15) is 13.8 Å². The number of rotatable bonds is 5. The second kappa shape index (κ2) is 5.26. The number of aliphatic hydroxyl groups is 4.